The normalized spacial score (nSPS) is 12.0. The molecular weight excluding hydrogens is 360 g/mol. The summed E-state index contributed by atoms with van der Waals surface area (Å²) in [5.74, 6) is 1.10. The summed E-state index contributed by atoms with van der Waals surface area (Å²) in [6, 6.07) is 15.9. The molecule has 1 aromatic heterocycles. The minimum absolute atomic E-state index is 0.101. The van der Waals surface area contributed by atoms with Crippen LogP contribution in [0.5, 0.6) is 0 Å². The van der Waals surface area contributed by atoms with Crippen LogP contribution in [0.1, 0.15) is 12.5 Å². The van der Waals surface area contributed by atoms with Gasteiger partial charge in [0.25, 0.3) is 5.91 Å². The van der Waals surface area contributed by atoms with Crippen molar-refractivity contribution in [1.29, 1.82) is 0 Å². The Bertz CT molecular complexity index is 916. The predicted molar refractivity (Wildman–Crippen MR) is 104 cm³/mol. The molecule has 0 saturated carbocycles. The molecule has 0 atom stereocenters. The summed E-state index contributed by atoms with van der Waals surface area (Å²) in [5, 5.41) is 0.697. The number of aromatic nitrogens is 1. The number of hydrogen-bond acceptors (Lipinski definition) is 3. The summed E-state index contributed by atoms with van der Waals surface area (Å²) in [7, 11) is 0. The van der Waals surface area contributed by atoms with E-state index in [0.29, 0.717) is 10.8 Å². The molecule has 2 aromatic carbocycles. The molecule has 3 rings (SSSR count). The van der Waals surface area contributed by atoms with E-state index in [-0.39, 0.29) is 5.91 Å². The molecule has 0 unspecified atom stereocenters. The van der Waals surface area contributed by atoms with Gasteiger partial charge in [-0.2, -0.15) is 4.99 Å². The predicted octanol–water partition coefficient (Wildman–Crippen LogP) is 4.74. The number of nitrogens with zero attached hydrogens (tertiary/aromatic N) is 2. The largest absolute Gasteiger partial charge is 0.317 e. The third-order valence-electron chi connectivity index (χ3n) is 3.52. The van der Waals surface area contributed by atoms with E-state index in [1.54, 1.807) is 11.8 Å². The maximum Gasteiger partial charge on any atom is 0.258 e. The van der Waals surface area contributed by atoms with Gasteiger partial charge >= 0.3 is 0 Å². The van der Waals surface area contributed by atoms with Crippen molar-refractivity contribution in [3.05, 3.63) is 63.9 Å². The number of thiazole rings is 1. The second-order valence-electron chi connectivity index (χ2n) is 5.22. The van der Waals surface area contributed by atoms with Crippen LogP contribution in [0, 0.1) is 0 Å². The molecule has 1 amide bonds. The number of thioether (sulfide) groups is 1. The highest BCUT2D eigenvalue weighted by Gasteiger charge is 2.07. The first kappa shape index (κ1) is 17.3. The zero-order valence-electron chi connectivity index (χ0n) is 13.2. The fourth-order valence-electron chi connectivity index (χ4n) is 2.41. The highest BCUT2D eigenvalue weighted by molar-refractivity contribution is 7.99. The van der Waals surface area contributed by atoms with E-state index in [1.807, 2.05) is 36.4 Å². The van der Waals surface area contributed by atoms with Crippen molar-refractivity contribution in [3.63, 3.8) is 0 Å². The minimum Gasteiger partial charge on any atom is -0.317 e. The molecule has 3 aromatic rings. The lowest BCUT2D eigenvalue weighted by atomic mass is 10.2. The maximum atomic E-state index is 12.2. The van der Waals surface area contributed by atoms with Crippen molar-refractivity contribution in [3.8, 4) is 0 Å². The van der Waals surface area contributed by atoms with E-state index in [4.69, 9.17) is 11.6 Å². The van der Waals surface area contributed by atoms with Crippen LogP contribution in [-0.2, 0) is 17.1 Å². The number of carbonyl (C=O) groups is 1. The molecule has 0 N–H and O–H groups in total. The van der Waals surface area contributed by atoms with Crippen molar-refractivity contribution in [2.45, 2.75) is 19.2 Å². The maximum absolute atomic E-state index is 12.2. The van der Waals surface area contributed by atoms with E-state index in [1.165, 1.54) is 16.9 Å². The van der Waals surface area contributed by atoms with Gasteiger partial charge in [-0.15, -0.1) is 11.8 Å². The Kier molecular flexibility index (Phi) is 5.76. The number of aryl methyl sites for hydroxylation is 1. The number of rotatable bonds is 5. The molecule has 24 heavy (non-hydrogen) atoms. The van der Waals surface area contributed by atoms with Crippen molar-refractivity contribution in [1.82, 2.24) is 4.57 Å². The molecule has 0 radical (unpaired) electrons. The van der Waals surface area contributed by atoms with Crippen LogP contribution < -0.4 is 4.80 Å². The van der Waals surface area contributed by atoms with Gasteiger partial charge in [0.2, 0.25) is 0 Å². The molecule has 0 saturated heterocycles. The van der Waals surface area contributed by atoms with Crippen LogP contribution in [-0.4, -0.2) is 16.2 Å². The van der Waals surface area contributed by atoms with Gasteiger partial charge in [0.15, 0.2) is 4.80 Å². The summed E-state index contributed by atoms with van der Waals surface area (Å²) < 4.78 is 3.10. The minimum atomic E-state index is -0.101. The zero-order valence-corrected chi connectivity index (χ0v) is 15.6. The van der Waals surface area contributed by atoms with Crippen LogP contribution in [0.15, 0.2) is 53.5 Å². The molecule has 124 valence electrons. The fourth-order valence-corrected chi connectivity index (χ4v) is 4.56. The topological polar surface area (TPSA) is 34.4 Å². The average Bonchev–Trinajstić information content (AvgIpc) is 2.91. The van der Waals surface area contributed by atoms with Crippen LogP contribution >= 0.6 is 34.7 Å². The van der Waals surface area contributed by atoms with Gasteiger partial charge in [-0.3, -0.25) is 4.79 Å². The molecule has 0 aliphatic heterocycles. The number of amides is 1. The molecule has 0 fully saturated rings. The molecule has 0 aliphatic carbocycles. The third kappa shape index (κ3) is 4.09. The Morgan fingerprint density at radius 2 is 2.04 bits per heavy atom. The van der Waals surface area contributed by atoms with Crippen LogP contribution in [0.4, 0.5) is 0 Å². The molecule has 1 heterocycles. The smallest absolute Gasteiger partial charge is 0.258 e. The number of hydrogen-bond donors (Lipinski definition) is 0. The second kappa shape index (κ2) is 8.01. The van der Waals surface area contributed by atoms with Crippen molar-refractivity contribution < 1.29 is 4.79 Å². The Labute approximate surface area is 154 Å². The number of benzene rings is 2. The molecule has 0 bridgehead atoms. The molecule has 6 heteroatoms. The monoisotopic (exact) mass is 376 g/mol. The van der Waals surface area contributed by atoms with Crippen molar-refractivity contribution >= 4 is 50.8 Å². The standard InChI is InChI=1S/C18H17ClN2OS2/c1-2-21-15-9-8-14(19)10-16(15)24-18(21)20-17(22)12-23-11-13-6-4-3-5-7-13/h3-10H,2,11-12H2,1H3. The van der Waals surface area contributed by atoms with Gasteiger partial charge in [-0.1, -0.05) is 53.3 Å². The summed E-state index contributed by atoms with van der Waals surface area (Å²) in [4.78, 5) is 17.2. The van der Waals surface area contributed by atoms with E-state index in [9.17, 15) is 4.79 Å². The van der Waals surface area contributed by atoms with Crippen molar-refractivity contribution in [2.75, 3.05) is 5.75 Å². The summed E-state index contributed by atoms with van der Waals surface area (Å²) in [6.07, 6.45) is 0. The SMILES string of the molecule is CCn1c(=NC(=O)CSCc2ccccc2)sc2cc(Cl)ccc21. The first-order chi connectivity index (χ1) is 11.7. The highest BCUT2D eigenvalue weighted by atomic mass is 35.5. The van der Waals surface area contributed by atoms with Gasteiger partial charge < -0.3 is 4.57 Å². The van der Waals surface area contributed by atoms with Gasteiger partial charge in [0, 0.05) is 17.3 Å². The Morgan fingerprint density at radius 3 is 2.79 bits per heavy atom. The highest BCUT2D eigenvalue weighted by Crippen LogP contribution is 2.21. The van der Waals surface area contributed by atoms with Crippen LogP contribution in [0.2, 0.25) is 5.02 Å². The quantitative estimate of drug-likeness (QED) is 0.644. The van der Waals surface area contributed by atoms with E-state index < -0.39 is 0 Å². The number of halogens is 1. The van der Waals surface area contributed by atoms with Gasteiger partial charge in [0.1, 0.15) is 0 Å². The first-order valence-corrected chi connectivity index (χ1v) is 10.0. The van der Waals surface area contributed by atoms with E-state index in [2.05, 4.69) is 28.6 Å². The lowest BCUT2D eigenvalue weighted by molar-refractivity contribution is -0.115. The van der Waals surface area contributed by atoms with Crippen LogP contribution in [0.25, 0.3) is 10.2 Å². The lowest BCUT2D eigenvalue weighted by Gasteiger charge is -2.01. The fraction of sp³-hybridized carbons (Fsp3) is 0.222. The summed E-state index contributed by atoms with van der Waals surface area (Å²) in [5.41, 5.74) is 2.28. The van der Waals surface area contributed by atoms with E-state index >= 15 is 0 Å². The summed E-state index contributed by atoms with van der Waals surface area (Å²) >= 11 is 9.14. The molecule has 0 spiro atoms. The van der Waals surface area contributed by atoms with Crippen molar-refractivity contribution in [2.24, 2.45) is 4.99 Å². The second-order valence-corrected chi connectivity index (χ2v) is 7.66. The first-order valence-electron chi connectivity index (χ1n) is 7.65. The zero-order chi connectivity index (χ0) is 16.9. The molecule has 3 nitrogen and oxygen atoms in total. The van der Waals surface area contributed by atoms with Gasteiger partial charge in [-0.25, -0.2) is 0 Å². The average molecular weight is 377 g/mol. The van der Waals surface area contributed by atoms with Gasteiger partial charge in [-0.05, 0) is 30.7 Å². The summed E-state index contributed by atoms with van der Waals surface area (Å²) in [6.45, 7) is 2.82. The lowest BCUT2D eigenvalue weighted by Crippen LogP contribution is -2.16. The third-order valence-corrected chi connectivity index (χ3v) is 5.78. The Morgan fingerprint density at radius 1 is 1.25 bits per heavy atom. The van der Waals surface area contributed by atoms with Crippen LogP contribution in [0.3, 0.4) is 0 Å². The Hall–Kier alpha value is -1.56. The number of fused-ring (bicyclic) bond motifs is 1. The van der Waals surface area contributed by atoms with E-state index in [0.717, 1.165) is 27.3 Å². The Balaban J connectivity index is 1.75. The molecule has 0 aliphatic rings. The van der Waals surface area contributed by atoms with Gasteiger partial charge in [0.05, 0.1) is 16.0 Å². The number of carbonyl (C=O) groups excluding carboxylic acids is 1. The molecular formula is C18H17ClN2OS2.